The molecule has 22 heavy (non-hydrogen) atoms. The zero-order valence-corrected chi connectivity index (χ0v) is 13.9. The van der Waals surface area contributed by atoms with Crippen molar-refractivity contribution < 1.29 is 4.79 Å². The molecule has 0 aromatic carbocycles. The molecule has 0 unspecified atom stereocenters. The van der Waals surface area contributed by atoms with Crippen LogP contribution >= 0.6 is 22.7 Å². The molecular weight excluding hydrogens is 314 g/mol. The summed E-state index contributed by atoms with van der Waals surface area (Å²) in [5.41, 5.74) is 1.76. The standard InChI is InChI=1S/C16H17N3OS2/c1-10(13-3-2-6-21-13)7-15(20)19-16-12(8-17)11-4-5-18-9-14(11)22-16/h2-3,6,10,18H,4-5,7,9H2,1H3,(H,19,20)/t10-/m0/s1. The number of nitriles is 1. The van der Waals surface area contributed by atoms with Crippen molar-refractivity contribution in [3.05, 3.63) is 38.4 Å². The highest BCUT2D eigenvalue weighted by Gasteiger charge is 2.22. The van der Waals surface area contributed by atoms with Gasteiger partial charge in [0.1, 0.15) is 11.1 Å². The van der Waals surface area contributed by atoms with Crippen LogP contribution in [0.2, 0.25) is 0 Å². The van der Waals surface area contributed by atoms with E-state index < -0.39 is 0 Å². The van der Waals surface area contributed by atoms with E-state index in [2.05, 4.69) is 29.7 Å². The number of rotatable bonds is 4. The van der Waals surface area contributed by atoms with E-state index in [0.29, 0.717) is 17.0 Å². The molecule has 1 amide bonds. The van der Waals surface area contributed by atoms with Crippen molar-refractivity contribution in [2.24, 2.45) is 0 Å². The monoisotopic (exact) mass is 331 g/mol. The quantitative estimate of drug-likeness (QED) is 0.902. The third-order valence-corrected chi connectivity index (χ3v) is 6.06. The molecule has 1 aliphatic rings. The number of nitrogens with one attached hydrogen (secondary N) is 2. The first-order valence-corrected chi connectivity index (χ1v) is 8.97. The summed E-state index contributed by atoms with van der Waals surface area (Å²) < 4.78 is 0. The van der Waals surface area contributed by atoms with Crippen molar-refractivity contribution in [1.29, 1.82) is 5.26 Å². The molecule has 3 rings (SSSR count). The minimum atomic E-state index is -0.0241. The Bertz CT molecular complexity index is 713. The smallest absolute Gasteiger partial charge is 0.225 e. The topological polar surface area (TPSA) is 64.9 Å². The molecule has 0 bridgehead atoms. The molecule has 0 saturated carbocycles. The SMILES string of the molecule is C[C@@H](CC(=O)Nc1sc2c(c1C#N)CCNC2)c1cccs1. The minimum absolute atomic E-state index is 0.0241. The van der Waals surface area contributed by atoms with E-state index in [4.69, 9.17) is 0 Å². The first-order chi connectivity index (χ1) is 10.7. The summed E-state index contributed by atoms with van der Waals surface area (Å²) >= 11 is 3.20. The van der Waals surface area contributed by atoms with Gasteiger partial charge in [-0.3, -0.25) is 4.79 Å². The largest absolute Gasteiger partial charge is 0.317 e. The van der Waals surface area contributed by atoms with Gasteiger partial charge in [0.2, 0.25) is 5.91 Å². The van der Waals surface area contributed by atoms with Crippen LogP contribution in [0.5, 0.6) is 0 Å². The second kappa shape index (κ2) is 6.61. The minimum Gasteiger partial charge on any atom is -0.317 e. The zero-order valence-electron chi connectivity index (χ0n) is 12.3. The maximum atomic E-state index is 12.3. The molecule has 3 heterocycles. The Kier molecular flexibility index (Phi) is 4.57. The van der Waals surface area contributed by atoms with Crippen LogP contribution in [0.15, 0.2) is 17.5 Å². The predicted molar refractivity (Wildman–Crippen MR) is 90.4 cm³/mol. The first-order valence-electron chi connectivity index (χ1n) is 7.27. The second-order valence-electron chi connectivity index (χ2n) is 5.42. The van der Waals surface area contributed by atoms with E-state index in [1.165, 1.54) is 21.1 Å². The van der Waals surface area contributed by atoms with Gasteiger partial charge in [-0.1, -0.05) is 13.0 Å². The van der Waals surface area contributed by atoms with Crippen molar-refractivity contribution in [3.63, 3.8) is 0 Å². The number of thiophene rings is 2. The van der Waals surface area contributed by atoms with E-state index in [1.54, 1.807) is 11.3 Å². The number of fused-ring (bicyclic) bond motifs is 1. The molecule has 0 radical (unpaired) electrons. The Labute approximate surface area is 137 Å². The summed E-state index contributed by atoms with van der Waals surface area (Å²) in [4.78, 5) is 14.7. The Morgan fingerprint density at radius 3 is 3.18 bits per heavy atom. The number of hydrogen-bond donors (Lipinski definition) is 2. The summed E-state index contributed by atoms with van der Waals surface area (Å²) in [7, 11) is 0. The van der Waals surface area contributed by atoms with Gasteiger partial charge < -0.3 is 10.6 Å². The fourth-order valence-corrected chi connectivity index (χ4v) is 4.64. The highest BCUT2D eigenvalue weighted by Crippen LogP contribution is 2.35. The summed E-state index contributed by atoms with van der Waals surface area (Å²) in [5, 5.41) is 18.4. The normalized spacial score (nSPS) is 14.9. The highest BCUT2D eigenvalue weighted by molar-refractivity contribution is 7.16. The van der Waals surface area contributed by atoms with Crippen LogP contribution in [0.1, 0.15) is 40.1 Å². The van der Waals surface area contributed by atoms with E-state index in [0.717, 1.165) is 25.1 Å². The average molecular weight is 331 g/mol. The number of hydrogen-bond acceptors (Lipinski definition) is 5. The van der Waals surface area contributed by atoms with E-state index in [9.17, 15) is 10.1 Å². The van der Waals surface area contributed by atoms with Crippen molar-refractivity contribution in [3.8, 4) is 6.07 Å². The molecule has 1 aliphatic heterocycles. The van der Waals surface area contributed by atoms with Gasteiger partial charge in [0.15, 0.2) is 0 Å². The Balaban J connectivity index is 1.72. The third-order valence-electron chi connectivity index (χ3n) is 3.81. The molecular formula is C16H17N3OS2. The molecule has 0 saturated heterocycles. The Morgan fingerprint density at radius 1 is 1.59 bits per heavy atom. The number of carbonyl (C=O) groups is 1. The Morgan fingerprint density at radius 2 is 2.45 bits per heavy atom. The fraction of sp³-hybridized carbons (Fsp3) is 0.375. The number of anilines is 1. The molecule has 2 N–H and O–H groups in total. The molecule has 6 heteroatoms. The van der Waals surface area contributed by atoms with Crippen LogP contribution in [0.25, 0.3) is 0 Å². The Hall–Kier alpha value is -1.68. The van der Waals surface area contributed by atoms with Gasteiger partial charge >= 0.3 is 0 Å². The predicted octanol–water partition coefficient (Wildman–Crippen LogP) is 3.46. The lowest BCUT2D eigenvalue weighted by atomic mass is 10.0. The lowest BCUT2D eigenvalue weighted by Gasteiger charge is -2.11. The molecule has 2 aromatic rings. The van der Waals surface area contributed by atoms with Gasteiger partial charge in [0, 0.05) is 22.7 Å². The second-order valence-corrected chi connectivity index (χ2v) is 7.50. The van der Waals surface area contributed by atoms with Crippen LogP contribution < -0.4 is 10.6 Å². The summed E-state index contributed by atoms with van der Waals surface area (Å²) in [6.45, 7) is 3.73. The maximum absolute atomic E-state index is 12.3. The zero-order chi connectivity index (χ0) is 15.5. The van der Waals surface area contributed by atoms with Crippen molar-refractivity contribution in [2.75, 3.05) is 11.9 Å². The van der Waals surface area contributed by atoms with Crippen LogP contribution in [-0.2, 0) is 17.8 Å². The first kappa shape index (κ1) is 15.2. The van der Waals surface area contributed by atoms with Crippen LogP contribution in [0, 0.1) is 11.3 Å². The molecule has 4 nitrogen and oxygen atoms in total. The molecule has 1 atom stereocenters. The number of nitrogens with zero attached hydrogens (tertiary/aromatic N) is 1. The van der Waals surface area contributed by atoms with E-state index in [-0.39, 0.29) is 11.8 Å². The average Bonchev–Trinajstić information content (AvgIpc) is 3.14. The van der Waals surface area contributed by atoms with Crippen LogP contribution in [-0.4, -0.2) is 12.5 Å². The van der Waals surface area contributed by atoms with Gasteiger partial charge in [-0.2, -0.15) is 5.26 Å². The van der Waals surface area contributed by atoms with Crippen LogP contribution in [0.3, 0.4) is 0 Å². The molecule has 2 aromatic heterocycles. The van der Waals surface area contributed by atoms with E-state index in [1.807, 2.05) is 11.4 Å². The van der Waals surface area contributed by atoms with E-state index >= 15 is 0 Å². The van der Waals surface area contributed by atoms with Gasteiger partial charge in [0.05, 0.1) is 5.56 Å². The van der Waals surface area contributed by atoms with Gasteiger partial charge in [-0.25, -0.2) is 0 Å². The molecule has 0 fully saturated rings. The number of carbonyl (C=O) groups excluding carboxylic acids is 1. The van der Waals surface area contributed by atoms with Gasteiger partial charge in [0.25, 0.3) is 0 Å². The number of amides is 1. The van der Waals surface area contributed by atoms with Crippen molar-refractivity contribution in [2.45, 2.75) is 32.2 Å². The van der Waals surface area contributed by atoms with Gasteiger partial charge in [-0.05, 0) is 35.9 Å². The third kappa shape index (κ3) is 3.07. The lowest BCUT2D eigenvalue weighted by Crippen LogP contribution is -2.22. The summed E-state index contributed by atoms with van der Waals surface area (Å²) in [6.07, 6.45) is 1.29. The highest BCUT2D eigenvalue weighted by atomic mass is 32.1. The lowest BCUT2D eigenvalue weighted by molar-refractivity contribution is -0.116. The van der Waals surface area contributed by atoms with Crippen molar-refractivity contribution >= 4 is 33.6 Å². The summed E-state index contributed by atoms with van der Waals surface area (Å²) in [6, 6.07) is 6.32. The fourth-order valence-electron chi connectivity index (χ4n) is 2.67. The summed E-state index contributed by atoms with van der Waals surface area (Å²) in [5.74, 6) is 0.172. The molecule has 0 aliphatic carbocycles. The van der Waals surface area contributed by atoms with Gasteiger partial charge in [-0.15, -0.1) is 22.7 Å². The molecule has 0 spiro atoms. The molecule has 114 valence electrons. The van der Waals surface area contributed by atoms with Crippen LogP contribution in [0.4, 0.5) is 5.00 Å². The maximum Gasteiger partial charge on any atom is 0.225 e. The van der Waals surface area contributed by atoms with Crippen molar-refractivity contribution in [1.82, 2.24) is 5.32 Å².